The molecule has 6 heteroatoms. The summed E-state index contributed by atoms with van der Waals surface area (Å²) in [5.41, 5.74) is 0.708. The van der Waals surface area contributed by atoms with Crippen LogP contribution in [0.4, 0.5) is 10.1 Å². The molecule has 2 fully saturated rings. The average molecular weight is 390 g/mol. The molecule has 0 radical (unpaired) electrons. The number of piperidine rings is 1. The summed E-state index contributed by atoms with van der Waals surface area (Å²) in [6.07, 6.45) is 2.55. The Kier molecular flexibility index (Phi) is 7.54. The topological polar surface area (TPSA) is 34.1 Å². The first-order chi connectivity index (χ1) is 13.6. The number of para-hydroxylation sites is 1. The van der Waals surface area contributed by atoms with Crippen LogP contribution in [0.3, 0.4) is 0 Å². The minimum Gasteiger partial charge on any atom is -0.366 e. The minimum absolute atomic E-state index is 0.136. The molecule has 0 spiro atoms. The average Bonchev–Trinajstić information content (AvgIpc) is 2.72. The van der Waals surface area contributed by atoms with Gasteiger partial charge in [-0.15, -0.1) is 0 Å². The smallest absolute Gasteiger partial charge is 0.194 e. The fraction of sp³-hybridized carbons (Fsp3) is 0.682. The van der Waals surface area contributed by atoms with Crippen LogP contribution in [0.5, 0.6) is 0 Å². The second kappa shape index (κ2) is 10.1. The van der Waals surface area contributed by atoms with Crippen LogP contribution in [-0.4, -0.2) is 74.2 Å². The molecule has 1 aromatic rings. The summed E-state index contributed by atoms with van der Waals surface area (Å²) in [6, 6.07) is 7.68. The number of piperazine rings is 1. The molecule has 0 amide bonds. The molecule has 2 aliphatic heterocycles. The predicted octanol–water partition coefficient (Wildman–Crippen LogP) is 3.03. The van der Waals surface area contributed by atoms with Crippen molar-refractivity contribution in [1.29, 1.82) is 0 Å². The molecular formula is C22H36FN5. The fourth-order valence-electron chi connectivity index (χ4n) is 4.22. The normalized spacial score (nSPS) is 22.0. The van der Waals surface area contributed by atoms with Gasteiger partial charge in [0.15, 0.2) is 5.96 Å². The fourth-order valence-corrected chi connectivity index (χ4v) is 4.22. The van der Waals surface area contributed by atoms with Crippen LogP contribution < -0.4 is 10.2 Å². The van der Waals surface area contributed by atoms with Crippen molar-refractivity contribution in [3.05, 3.63) is 30.1 Å². The molecule has 0 bridgehead atoms. The zero-order chi connectivity index (χ0) is 19.9. The van der Waals surface area contributed by atoms with Crippen LogP contribution >= 0.6 is 0 Å². The molecule has 0 aliphatic carbocycles. The van der Waals surface area contributed by atoms with Gasteiger partial charge in [-0.2, -0.15) is 0 Å². The van der Waals surface area contributed by atoms with E-state index in [4.69, 9.17) is 4.99 Å². The largest absolute Gasteiger partial charge is 0.366 e. The summed E-state index contributed by atoms with van der Waals surface area (Å²) in [4.78, 5) is 12.0. The van der Waals surface area contributed by atoms with E-state index in [1.807, 2.05) is 12.1 Å². The van der Waals surface area contributed by atoms with Gasteiger partial charge in [0.25, 0.3) is 0 Å². The third-order valence-corrected chi connectivity index (χ3v) is 5.89. The van der Waals surface area contributed by atoms with Crippen molar-refractivity contribution < 1.29 is 4.39 Å². The standard InChI is InChI=1S/C22H36FN5/c1-4-24-22(25-16-19-8-7-11-28(17-19)18(2)3)27-14-12-26(13-15-27)21-10-6-5-9-20(21)23/h5-6,9-10,18-19H,4,7-8,11-17H2,1-3H3,(H,24,25). The van der Waals surface area contributed by atoms with Gasteiger partial charge >= 0.3 is 0 Å². The lowest BCUT2D eigenvalue weighted by atomic mass is 9.97. The number of nitrogens with zero attached hydrogens (tertiary/aromatic N) is 4. The van der Waals surface area contributed by atoms with Gasteiger partial charge in [-0.25, -0.2) is 4.39 Å². The Morgan fingerprint density at radius 2 is 1.93 bits per heavy atom. The van der Waals surface area contributed by atoms with Gasteiger partial charge in [-0.1, -0.05) is 12.1 Å². The maximum absolute atomic E-state index is 14.1. The van der Waals surface area contributed by atoms with E-state index in [-0.39, 0.29) is 5.82 Å². The maximum Gasteiger partial charge on any atom is 0.194 e. The number of hydrogen-bond donors (Lipinski definition) is 1. The molecule has 2 heterocycles. The second-order valence-electron chi connectivity index (χ2n) is 8.22. The summed E-state index contributed by atoms with van der Waals surface area (Å²) in [7, 11) is 0. The van der Waals surface area contributed by atoms with E-state index in [9.17, 15) is 4.39 Å². The lowest BCUT2D eigenvalue weighted by molar-refractivity contribution is 0.143. The number of benzene rings is 1. The van der Waals surface area contributed by atoms with Gasteiger partial charge in [0, 0.05) is 51.9 Å². The lowest BCUT2D eigenvalue weighted by Crippen LogP contribution is -2.53. The van der Waals surface area contributed by atoms with Crippen molar-refractivity contribution in [2.45, 2.75) is 39.7 Å². The second-order valence-corrected chi connectivity index (χ2v) is 8.22. The zero-order valence-corrected chi connectivity index (χ0v) is 17.7. The van der Waals surface area contributed by atoms with E-state index in [0.29, 0.717) is 17.6 Å². The molecule has 2 aliphatic rings. The molecule has 1 aromatic carbocycles. The van der Waals surface area contributed by atoms with Gasteiger partial charge in [0.1, 0.15) is 5.82 Å². The van der Waals surface area contributed by atoms with E-state index >= 15 is 0 Å². The van der Waals surface area contributed by atoms with Crippen molar-refractivity contribution in [2.75, 3.05) is 57.3 Å². The molecule has 0 aromatic heterocycles. The molecule has 1 atom stereocenters. The Morgan fingerprint density at radius 3 is 2.61 bits per heavy atom. The van der Waals surface area contributed by atoms with E-state index in [2.05, 4.69) is 40.8 Å². The van der Waals surface area contributed by atoms with Gasteiger partial charge in [0.2, 0.25) is 0 Å². The van der Waals surface area contributed by atoms with E-state index in [1.54, 1.807) is 6.07 Å². The number of hydrogen-bond acceptors (Lipinski definition) is 3. The molecular weight excluding hydrogens is 353 g/mol. The first-order valence-electron chi connectivity index (χ1n) is 10.8. The highest BCUT2D eigenvalue weighted by molar-refractivity contribution is 5.80. The summed E-state index contributed by atoms with van der Waals surface area (Å²) in [5, 5.41) is 3.46. The lowest BCUT2D eigenvalue weighted by Gasteiger charge is -2.38. The van der Waals surface area contributed by atoms with Crippen molar-refractivity contribution in [3.8, 4) is 0 Å². The minimum atomic E-state index is -0.136. The highest BCUT2D eigenvalue weighted by Crippen LogP contribution is 2.21. The summed E-state index contributed by atoms with van der Waals surface area (Å²) in [6.45, 7) is 14.2. The van der Waals surface area contributed by atoms with E-state index < -0.39 is 0 Å². The molecule has 2 saturated heterocycles. The van der Waals surface area contributed by atoms with Crippen molar-refractivity contribution in [2.24, 2.45) is 10.9 Å². The predicted molar refractivity (Wildman–Crippen MR) is 116 cm³/mol. The maximum atomic E-state index is 14.1. The highest BCUT2D eigenvalue weighted by atomic mass is 19.1. The number of likely N-dealkylation sites (tertiary alicyclic amines) is 1. The summed E-state index contributed by atoms with van der Waals surface area (Å²) in [5.74, 6) is 1.52. The first kappa shape index (κ1) is 20.9. The molecule has 0 saturated carbocycles. The third kappa shape index (κ3) is 5.37. The number of aliphatic imine (C=N–C) groups is 1. The highest BCUT2D eigenvalue weighted by Gasteiger charge is 2.24. The Hall–Kier alpha value is -1.82. The number of nitrogens with one attached hydrogen (secondary N) is 1. The molecule has 28 heavy (non-hydrogen) atoms. The van der Waals surface area contributed by atoms with E-state index in [0.717, 1.165) is 51.8 Å². The molecule has 1 N–H and O–H groups in total. The summed E-state index contributed by atoms with van der Waals surface area (Å²) >= 11 is 0. The van der Waals surface area contributed by atoms with Gasteiger partial charge < -0.3 is 20.0 Å². The van der Waals surface area contributed by atoms with Crippen LogP contribution in [-0.2, 0) is 0 Å². The molecule has 3 rings (SSSR count). The Balaban J connectivity index is 1.57. The van der Waals surface area contributed by atoms with Crippen molar-refractivity contribution in [1.82, 2.24) is 15.1 Å². The first-order valence-corrected chi connectivity index (χ1v) is 10.8. The Morgan fingerprint density at radius 1 is 1.18 bits per heavy atom. The monoisotopic (exact) mass is 389 g/mol. The van der Waals surface area contributed by atoms with Crippen LogP contribution in [0.25, 0.3) is 0 Å². The number of halogens is 1. The van der Waals surface area contributed by atoms with Crippen molar-refractivity contribution >= 4 is 11.6 Å². The van der Waals surface area contributed by atoms with Gasteiger partial charge in [0.05, 0.1) is 5.69 Å². The molecule has 5 nitrogen and oxygen atoms in total. The Bertz CT molecular complexity index is 640. The van der Waals surface area contributed by atoms with Crippen molar-refractivity contribution in [3.63, 3.8) is 0 Å². The zero-order valence-electron chi connectivity index (χ0n) is 17.7. The number of guanidine groups is 1. The van der Waals surface area contributed by atoms with Crippen LogP contribution in [0.2, 0.25) is 0 Å². The molecule has 1 unspecified atom stereocenters. The van der Waals surface area contributed by atoms with Gasteiger partial charge in [-0.05, 0) is 58.2 Å². The molecule has 156 valence electrons. The SMILES string of the molecule is CCNC(=NCC1CCCN(C(C)C)C1)N1CCN(c2ccccc2F)CC1. The van der Waals surface area contributed by atoms with Gasteiger partial charge in [-0.3, -0.25) is 4.99 Å². The van der Waals surface area contributed by atoms with Crippen LogP contribution in [0.1, 0.15) is 33.6 Å². The van der Waals surface area contributed by atoms with Crippen LogP contribution in [0, 0.1) is 11.7 Å². The summed E-state index contributed by atoms with van der Waals surface area (Å²) < 4.78 is 14.1. The Labute approximate surface area is 169 Å². The number of rotatable bonds is 5. The van der Waals surface area contributed by atoms with Crippen LogP contribution in [0.15, 0.2) is 29.3 Å². The van der Waals surface area contributed by atoms with E-state index in [1.165, 1.54) is 25.5 Å². The number of anilines is 1. The third-order valence-electron chi connectivity index (χ3n) is 5.89. The quantitative estimate of drug-likeness (QED) is 0.620.